The van der Waals surface area contributed by atoms with Crippen LogP contribution < -0.4 is 0 Å². The average Bonchev–Trinajstić information content (AvgIpc) is 3.13. The first-order chi connectivity index (χ1) is 13.6. The number of benzene rings is 1. The number of carbonyl (C=O) groups is 1. The highest BCUT2D eigenvalue weighted by molar-refractivity contribution is 5.98. The topological polar surface area (TPSA) is 65.4 Å². The fourth-order valence-corrected chi connectivity index (χ4v) is 4.79. The molecule has 5 heterocycles. The third-order valence-corrected chi connectivity index (χ3v) is 6.24. The summed E-state index contributed by atoms with van der Waals surface area (Å²) in [5, 5.41) is 0.999. The third kappa shape index (κ3) is 3.11. The van der Waals surface area contributed by atoms with Crippen molar-refractivity contribution in [2.45, 2.75) is 39.3 Å². The minimum absolute atomic E-state index is 0.147. The normalized spacial score (nSPS) is 22.7. The lowest BCUT2D eigenvalue weighted by atomic mass is 9.94. The zero-order chi connectivity index (χ0) is 19.3. The van der Waals surface area contributed by atoms with Crippen molar-refractivity contribution >= 4 is 16.9 Å². The fourth-order valence-electron chi connectivity index (χ4n) is 4.79. The number of imidazole rings is 1. The lowest BCUT2D eigenvalue weighted by Gasteiger charge is -2.36. The lowest BCUT2D eigenvalue weighted by molar-refractivity contribution is 0.0585. The Morgan fingerprint density at radius 3 is 2.93 bits per heavy atom. The first-order valence-electron chi connectivity index (χ1n) is 10.1. The van der Waals surface area contributed by atoms with E-state index in [9.17, 15) is 4.79 Å². The number of furan rings is 1. The van der Waals surface area contributed by atoms with Crippen LogP contribution in [-0.4, -0.2) is 51.4 Å². The lowest BCUT2D eigenvalue weighted by Crippen LogP contribution is -2.47. The van der Waals surface area contributed by atoms with Crippen LogP contribution in [0.1, 0.15) is 40.3 Å². The summed E-state index contributed by atoms with van der Waals surface area (Å²) in [6.45, 7) is 7.66. The SMILES string of the molecule is Cc1cc2cc(C(=O)N3CC4CCC3CN(Cc3nc[nH]c3C)C4)ccc2o1. The number of aromatic nitrogens is 2. The van der Waals surface area contributed by atoms with Gasteiger partial charge in [0.2, 0.25) is 0 Å². The van der Waals surface area contributed by atoms with Crippen molar-refractivity contribution in [3.63, 3.8) is 0 Å². The van der Waals surface area contributed by atoms with Gasteiger partial charge in [0, 0.05) is 48.9 Å². The van der Waals surface area contributed by atoms with Crippen molar-refractivity contribution in [2.24, 2.45) is 5.92 Å². The minimum atomic E-state index is 0.147. The van der Waals surface area contributed by atoms with Gasteiger partial charge in [0.25, 0.3) is 5.91 Å². The number of hydrogen-bond acceptors (Lipinski definition) is 4. The smallest absolute Gasteiger partial charge is 0.254 e. The summed E-state index contributed by atoms with van der Waals surface area (Å²) in [6.07, 6.45) is 4.05. The van der Waals surface area contributed by atoms with Crippen LogP contribution in [0.5, 0.6) is 0 Å². The molecule has 28 heavy (non-hydrogen) atoms. The molecular formula is C22H26N4O2. The summed E-state index contributed by atoms with van der Waals surface area (Å²) in [6, 6.07) is 8.05. The molecule has 3 fully saturated rings. The number of H-pyrrole nitrogens is 1. The molecule has 2 unspecified atom stereocenters. The second-order valence-corrected chi connectivity index (χ2v) is 8.33. The van der Waals surface area contributed by atoms with Crippen molar-refractivity contribution in [1.29, 1.82) is 0 Å². The van der Waals surface area contributed by atoms with Crippen molar-refractivity contribution in [1.82, 2.24) is 19.8 Å². The standard InChI is InChI=1S/C22H26N4O2/c1-14-7-18-8-17(4-6-21(18)28-14)22(27)26-10-16-3-5-19(26)11-25(9-16)12-20-15(2)23-13-24-20/h4,6-8,13,16,19H,3,5,9-12H2,1-2H3,(H,23,24). The Morgan fingerprint density at radius 2 is 2.11 bits per heavy atom. The Kier molecular flexibility index (Phi) is 4.23. The number of carbonyl (C=O) groups excluding carboxylic acids is 1. The van der Waals surface area contributed by atoms with Gasteiger partial charge in [-0.1, -0.05) is 0 Å². The molecule has 2 atom stereocenters. The van der Waals surface area contributed by atoms with Crippen LogP contribution in [0.2, 0.25) is 0 Å². The number of amides is 1. The molecule has 3 aliphatic rings. The van der Waals surface area contributed by atoms with Gasteiger partial charge in [-0.2, -0.15) is 0 Å². The molecule has 0 aliphatic carbocycles. The number of piperidine rings is 1. The molecule has 2 aromatic heterocycles. The highest BCUT2D eigenvalue weighted by atomic mass is 16.3. The fraction of sp³-hybridized carbons (Fsp3) is 0.455. The first kappa shape index (κ1) is 17.5. The van der Waals surface area contributed by atoms with Crippen LogP contribution in [0.3, 0.4) is 0 Å². The molecule has 6 heteroatoms. The van der Waals surface area contributed by atoms with E-state index in [1.807, 2.05) is 31.2 Å². The van der Waals surface area contributed by atoms with Crippen molar-refractivity contribution in [3.8, 4) is 0 Å². The zero-order valence-electron chi connectivity index (χ0n) is 16.4. The predicted octanol–water partition coefficient (Wildman–Crippen LogP) is 3.51. The van der Waals surface area contributed by atoms with Crippen molar-refractivity contribution in [2.75, 3.05) is 19.6 Å². The van der Waals surface area contributed by atoms with Crippen LogP contribution in [0.25, 0.3) is 11.0 Å². The van der Waals surface area contributed by atoms with E-state index in [0.717, 1.165) is 66.3 Å². The number of nitrogens with one attached hydrogen (secondary N) is 1. The largest absolute Gasteiger partial charge is 0.461 e. The Labute approximate surface area is 164 Å². The molecule has 1 N–H and O–H groups in total. The molecule has 1 aromatic carbocycles. The predicted molar refractivity (Wildman–Crippen MR) is 107 cm³/mol. The van der Waals surface area contributed by atoms with E-state index in [0.29, 0.717) is 5.92 Å². The molecule has 2 bridgehead atoms. The minimum Gasteiger partial charge on any atom is -0.461 e. The highest BCUT2D eigenvalue weighted by Gasteiger charge is 2.37. The molecule has 146 valence electrons. The summed E-state index contributed by atoms with van der Waals surface area (Å²) in [5.41, 5.74) is 3.84. The summed E-state index contributed by atoms with van der Waals surface area (Å²) < 4.78 is 5.65. The average molecular weight is 378 g/mol. The van der Waals surface area contributed by atoms with Crippen LogP contribution in [-0.2, 0) is 6.54 Å². The van der Waals surface area contributed by atoms with Gasteiger partial charge in [-0.25, -0.2) is 4.98 Å². The molecule has 1 amide bonds. The Bertz CT molecular complexity index is 1020. The van der Waals surface area contributed by atoms with E-state index >= 15 is 0 Å². The van der Waals surface area contributed by atoms with Crippen molar-refractivity contribution in [3.05, 3.63) is 53.3 Å². The molecule has 3 saturated heterocycles. The van der Waals surface area contributed by atoms with Gasteiger partial charge in [-0.3, -0.25) is 9.69 Å². The molecule has 0 spiro atoms. The summed E-state index contributed by atoms with van der Waals surface area (Å²) in [5.74, 6) is 1.55. The van der Waals surface area contributed by atoms with E-state index in [-0.39, 0.29) is 11.9 Å². The van der Waals surface area contributed by atoms with Gasteiger partial charge in [0.15, 0.2) is 0 Å². The number of aromatic amines is 1. The van der Waals surface area contributed by atoms with E-state index < -0.39 is 0 Å². The third-order valence-electron chi connectivity index (χ3n) is 6.24. The van der Waals surface area contributed by atoms with Crippen LogP contribution in [0, 0.1) is 19.8 Å². The zero-order valence-corrected chi connectivity index (χ0v) is 16.4. The maximum Gasteiger partial charge on any atom is 0.254 e. The summed E-state index contributed by atoms with van der Waals surface area (Å²) in [7, 11) is 0. The monoisotopic (exact) mass is 378 g/mol. The highest BCUT2D eigenvalue weighted by Crippen LogP contribution is 2.31. The molecule has 6 nitrogen and oxygen atoms in total. The Balaban J connectivity index is 1.36. The first-order valence-corrected chi connectivity index (χ1v) is 10.1. The van der Waals surface area contributed by atoms with Crippen LogP contribution in [0.15, 0.2) is 35.0 Å². The van der Waals surface area contributed by atoms with Gasteiger partial charge in [0.1, 0.15) is 11.3 Å². The number of hydrogen-bond donors (Lipinski definition) is 1. The van der Waals surface area contributed by atoms with E-state index in [2.05, 4.69) is 26.7 Å². The van der Waals surface area contributed by atoms with Crippen molar-refractivity contribution < 1.29 is 9.21 Å². The number of aryl methyl sites for hydroxylation is 2. The molecular weight excluding hydrogens is 352 g/mol. The number of fused-ring (bicyclic) bond motifs is 5. The quantitative estimate of drug-likeness (QED) is 0.757. The second-order valence-electron chi connectivity index (χ2n) is 8.33. The molecule has 0 radical (unpaired) electrons. The van der Waals surface area contributed by atoms with Crippen LogP contribution in [0.4, 0.5) is 0 Å². The van der Waals surface area contributed by atoms with Gasteiger partial charge in [-0.05, 0) is 56.9 Å². The van der Waals surface area contributed by atoms with Gasteiger partial charge in [-0.15, -0.1) is 0 Å². The maximum absolute atomic E-state index is 13.3. The summed E-state index contributed by atoms with van der Waals surface area (Å²) in [4.78, 5) is 25.5. The number of rotatable bonds is 3. The molecule has 0 saturated carbocycles. The Hall–Kier alpha value is -2.60. The van der Waals surface area contributed by atoms with Gasteiger partial charge >= 0.3 is 0 Å². The Morgan fingerprint density at radius 1 is 1.21 bits per heavy atom. The van der Waals surface area contributed by atoms with E-state index in [1.54, 1.807) is 6.33 Å². The van der Waals surface area contributed by atoms with Crippen LogP contribution >= 0.6 is 0 Å². The van der Waals surface area contributed by atoms with E-state index in [4.69, 9.17) is 4.42 Å². The van der Waals surface area contributed by atoms with Gasteiger partial charge < -0.3 is 14.3 Å². The number of nitrogens with zero attached hydrogens (tertiary/aromatic N) is 3. The maximum atomic E-state index is 13.3. The molecule has 3 aromatic rings. The van der Waals surface area contributed by atoms with E-state index in [1.165, 1.54) is 6.42 Å². The second kappa shape index (κ2) is 6.78. The van der Waals surface area contributed by atoms with Gasteiger partial charge in [0.05, 0.1) is 12.0 Å². The molecule has 3 aliphatic heterocycles. The molecule has 6 rings (SSSR count). The summed E-state index contributed by atoms with van der Waals surface area (Å²) >= 11 is 0.